The molecule has 1 N–H and O–H groups in total. The molecular formula is C20H33N3O3S. The fraction of sp³-hybridized carbons (Fsp3) is 0.700. The number of aromatic nitrogens is 1. The van der Waals surface area contributed by atoms with Crippen molar-refractivity contribution >= 4 is 17.1 Å². The summed E-state index contributed by atoms with van der Waals surface area (Å²) in [6.45, 7) is 14.0. The second-order valence-corrected chi connectivity index (χ2v) is 11.1. The van der Waals surface area contributed by atoms with Gasteiger partial charge in [-0.3, -0.25) is 4.98 Å². The number of pyridine rings is 1. The number of ether oxygens (including phenoxy) is 1. The maximum atomic E-state index is 12.8. The second-order valence-electron chi connectivity index (χ2n) is 9.12. The molecule has 0 radical (unpaired) electrons. The Balaban J connectivity index is 2.32. The highest BCUT2D eigenvalue weighted by Crippen LogP contribution is 2.31. The van der Waals surface area contributed by atoms with Gasteiger partial charge in [-0.2, -0.15) is 0 Å². The minimum Gasteiger partial charge on any atom is -0.444 e. The van der Waals surface area contributed by atoms with E-state index in [1.165, 1.54) is 0 Å². The molecule has 0 spiro atoms. The van der Waals surface area contributed by atoms with E-state index in [9.17, 15) is 9.00 Å². The molecule has 0 bridgehead atoms. The van der Waals surface area contributed by atoms with Crippen molar-refractivity contribution in [3.8, 4) is 0 Å². The number of carbonyl (C=O) groups excluding carboxylic acids is 1. The van der Waals surface area contributed by atoms with Crippen molar-refractivity contribution in [2.75, 3.05) is 6.54 Å². The van der Waals surface area contributed by atoms with Gasteiger partial charge in [0, 0.05) is 12.7 Å². The smallest absolute Gasteiger partial charge is 0.410 e. The van der Waals surface area contributed by atoms with Crippen LogP contribution in [0.3, 0.4) is 0 Å². The lowest BCUT2D eigenvalue weighted by Crippen LogP contribution is -2.48. The SMILES string of the molecule is Cc1ccc(C(N[S@@](=O)C(C)(C)C)[C@H]2CCCN2C(=O)OC(C)(C)C)nc1. The average molecular weight is 396 g/mol. The molecule has 2 heterocycles. The average Bonchev–Trinajstić information content (AvgIpc) is 3.00. The Hall–Kier alpha value is -1.47. The van der Waals surface area contributed by atoms with Crippen LogP contribution in [0.15, 0.2) is 18.3 Å². The fourth-order valence-corrected chi connectivity index (χ4v) is 3.84. The van der Waals surface area contributed by atoms with Gasteiger partial charge >= 0.3 is 6.09 Å². The van der Waals surface area contributed by atoms with Crippen LogP contribution in [-0.4, -0.2) is 43.1 Å². The molecular weight excluding hydrogens is 362 g/mol. The molecule has 27 heavy (non-hydrogen) atoms. The van der Waals surface area contributed by atoms with Gasteiger partial charge in [0.15, 0.2) is 0 Å². The van der Waals surface area contributed by atoms with Gasteiger partial charge in [0.25, 0.3) is 0 Å². The number of aryl methyl sites for hydroxylation is 1. The molecule has 0 saturated carbocycles. The molecule has 1 saturated heterocycles. The number of hydrogen-bond donors (Lipinski definition) is 1. The number of amides is 1. The summed E-state index contributed by atoms with van der Waals surface area (Å²) in [6, 6.07) is 3.46. The fourth-order valence-electron chi connectivity index (χ4n) is 2.98. The summed E-state index contributed by atoms with van der Waals surface area (Å²) in [6.07, 6.45) is 3.17. The summed E-state index contributed by atoms with van der Waals surface area (Å²) in [5, 5.41) is 0. The van der Waals surface area contributed by atoms with Gasteiger partial charge in [0.05, 0.1) is 33.5 Å². The zero-order chi connectivity index (χ0) is 20.4. The van der Waals surface area contributed by atoms with E-state index in [1.54, 1.807) is 11.1 Å². The van der Waals surface area contributed by atoms with Crippen LogP contribution in [-0.2, 0) is 15.7 Å². The van der Waals surface area contributed by atoms with Gasteiger partial charge in [-0.15, -0.1) is 0 Å². The van der Waals surface area contributed by atoms with Crippen molar-refractivity contribution in [1.29, 1.82) is 0 Å². The Morgan fingerprint density at radius 3 is 2.48 bits per heavy atom. The lowest BCUT2D eigenvalue weighted by atomic mass is 10.0. The van der Waals surface area contributed by atoms with Crippen LogP contribution >= 0.6 is 0 Å². The number of nitrogens with zero attached hydrogens (tertiary/aromatic N) is 2. The van der Waals surface area contributed by atoms with Crippen molar-refractivity contribution in [3.05, 3.63) is 29.6 Å². The zero-order valence-corrected chi connectivity index (χ0v) is 18.4. The molecule has 3 atom stereocenters. The molecule has 6 nitrogen and oxygen atoms in total. The Morgan fingerprint density at radius 1 is 1.30 bits per heavy atom. The molecule has 1 amide bonds. The van der Waals surface area contributed by atoms with E-state index >= 15 is 0 Å². The number of likely N-dealkylation sites (tertiary alicyclic amines) is 1. The molecule has 1 aliphatic rings. The molecule has 7 heteroatoms. The number of carbonyl (C=O) groups is 1. The largest absolute Gasteiger partial charge is 0.444 e. The third-order valence-corrected chi connectivity index (χ3v) is 5.94. The Kier molecular flexibility index (Phi) is 6.68. The van der Waals surface area contributed by atoms with Gasteiger partial charge in [0.2, 0.25) is 0 Å². The summed E-state index contributed by atoms with van der Waals surface area (Å²) in [4.78, 5) is 19.0. The molecule has 0 aliphatic carbocycles. The highest BCUT2D eigenvalue weighted by molar-refractivity contribution is 7.84. The topological polar surface area (TPSA) is 71.5 Å². The summed E-state index contributed by atoms with van der Waals surface area (Å²) in [5.74, 6) is 0. The molecule has 1 aromatic heterocycles. The van der Waals surface area contributed by atoms with E-state index in [-0.39, 0.29) is 18.2 Å². The first-order valence-electron chi connectivity index (χ1n) is 9.49. The molecule has 0 aromatic carbocycles. The van der Waals surface area contributed by atoms with Crippen LogP contribution in [0.25, 0.3) is 0 Å². The number of rotatable bonds is 4. The molecule has 152 valence electrons. The first-order valence-corrected chi connectivity index (χ1v) is 10.6. The predicted molar refractivity (Wildman–Crippen MR) is 109 cm³/mol. The van der Waals surface area contributed by atoms with E-state index in [2.05, 4.69) is 9.71 Å². The Bertz CT molecular complexity index is 677. The number of nitrogens with one attached hydrogen (secondary N) is 1. The van der Waals surface area contributed by atoms with Crippen molar-refractivity contribution in [1.82, 2.24) is 14.6 Å². The van der Waals surface area contributed by atoms with Gasteiger partial charge in [0.1, 0.15) is 5.60 Å². The van der Waals surface area contributed by atoms with Gasteiger partial charge in [-0.25, -0.2) is 13.7 Å². The summed E-state index contributed by atoms with van der Waals surface area (Å²) >= 11 is 0. The minimum absolute atomic E-state index is 0.152. The van der Waals surface area contributed by atoms with Crippen LogP contribution < -0.4 is 4.72 Å². The molecule has 1 fully saturated rings. The van der Waals surface area contributed by atoms with E-state index in [0.717, 1.165) is 24.1 Å². The van der Waals surface area contributed by atoms with Crippen molar-refractivity contribution in [3.63, 3.8) is 0 Å². The quantitative estimate of drug-likeness (QED) is 0.840. The molecule has 1 aromatic rings. The first kappa shape index (κ1) is 21.8. The Labute approximate surface area is 165 Å². The summed E-state index contributed by atoms with van der Waals surface area (Å²) in [7, 11) is -1.29. The van der Waals surface area contributed by atoms with Crippen LogP contribution in [0.2, 0.25) is 0 Å². The lowest BCUT2D eigenvalue weighted by Gasteiger charge is -2.34. The maximum Gasteiger partial charge on any atom is 0.410 e. The minimum atomic E-state index is -1.29. The van der Waals surface area contributed by atoms with Crippen LogP contribution in [0, 0.1) is 6.92 Å². The zero-order valence-electron chi connectivity index (χ0n) is 17.5. The normalized spacial score (nSPS) is 20.4. The second kappa shape index (κ2) is 8.27. The van der Waals surface area contributed by atoms with Crippen LogP contribution in [0.5, 0.6) is 0 Å². The number of hydrogen-bond acceptors (Lipinski definition) is 4. The van der Waals surface area contributed by atoms with Crippen molar-refractivity contribution in [2.24, 2.45) is 0 Å². The summed E-state index contributed by atoms with van der Waals surface area (Å²) < 4.78 is 21.2. The first-order chi connectivity index (χ1) is 12.4. The third kappa shape index (κ3) is 6.01. The Morgan fingerprint density at radius 2 is 1.96 bits per heavy atom. The summed E-state index contributed by atoms with van der Waals surface area (Å²) in [5.41, 5.74) is 1.30. The third-order valence-electron chi connectivity index (χ3n) is 4.36. The van der Waals surface area contributed by atoms with Gasteiger partial charge in [-0.05, 0) is 72.9 Å². The van der Waals surface area contributed by atoms with E-state index in [4.69, 9.17) is 4.74 Å². The molecule has 1 aliphatic heterocycles. The standard InChI is InChI=1S/C20H33N3O3S/c1-14-10-11-15(21-13-14)17(22-27(25)20(5,6)7)16-9-8-12-23(16)18(24)26-19(2,3)4/h10-11,13,16-17,22H,8-9,12H2,1-7H3/t16-,17?,27+/m1/s1. The van der Waals surface area contributed by atoms with Crippen LogP contribution in [0.4, 0.5) is 4.79 Å². The highest BCUT2D eigenvalue weighted by Gasteiger charge is 2.40. The predicted octanol–water partition coefficient (Wildman–Crippen LogP) is 3.88. The molecule has 2 rings (SSSR count). The maximum absolute atomic E-state index is 12.8. The van der Waals surface area contributed by atoms with Crippen LogP contribution in [0.1, 0.15) is 71.7 Å². The monoisotopic (exact) mass is 395 g/mol. The lowest BCUT2D eigenvalue weighted by molar-refractivity contribution is 0.0201. The highest BCUT2D eigenvalue weighted by atomic mass is 32.2. The molecule has 1 unspecified atom stereocenters. The van der Waals surface area contributed by atoms with Gasteiger partial charge in [-0.1, -0.05) is 6.07 Å². The van der Waals surface area contributed by atoms with Crippen molar-refractivity contribution < 1.29 is 13.7 Å². The van der Waals surface area contributed by atoms with Gasteiger partial charge < -0.3 is 9.64 Å². The van der Waals surface area contributed by atoms with Crippen molar-refractivity contribution in [2.45, 2.75) is 83.7 Å². The van der Waals surface area contributed by atoms with E-state index < -0.39 is 21.3 Å². The van der Waals surface area contributed by atoms with E-state index in [0.29, 0.717) is 6.54 Å². The van der Waals surface area contributed by atoms with E-state index in [1.807, 2.05) is 60.6 Å².